The predicted molar refractivity (Wildman–Crippen MR) is 68.8 cm³/mol. The number of guanidine groups is 1. The second-order valence-electron chi connectivity index (χ2n) is 4.11. The zero-order valence-corrected chi connectivity index (χ0v) is 11.2. The van der Waals surface area contributed by atoms with E-state index in [0.717, 1.165) is 25.9 Å². The average molecular weight is 267 g/mol. The molecule has 2 N–H and O–H groups in total. The maximum atomic E-state index is 11.9. The molecular weight excluding hydrogens is 243 g/mol. The number of unbranched alkanes of at least 4 members (excludes halogenated alkanes) is 2. The molecule has 0 radical (unpaired) electrons. The number of hydrogen-bond acceptors (Lipinski definition) is 1. The summed E-state index contributed by atoms with van der Waals surface area (Å²) in [5.74, 6) is 0.693. The number of nitrogens with one attached hydrogen (secondary N) is 2. The summed E-state index contributed by atoms with van der Waals surface area (Å²) in [4.78, 5) is 4.23. The predicted octanol–water partition coefficient (Wildman–Crippen LogP) is 3.07. The van der Waals surface area contributed by atoms with E-state index < -0.39 is 12.6 Å². The van der Waals surface area contributed by atoms with Crippen LogP contribution in [0.5, 0.6) is 0 Å². The zero-order valence-electron chi connectivity index (χ0n) is 11.2. The third-order valence-corrected chi connectivity index (χ3v) is 2.31. The maximum absolute atomic E-state index is 11.9. The average Bonchev–Trinajstić information content (AvgIpc) is 2.27. The van der Waals surface area contributed by atoms with Gasteiger partial charge in [0, 0.05) is 26.1 Å². The summed E-state index contributed by atoms with van der Waals surface area (Å²) >= 11 is 0. The molecule has 0 aliphatic carbocycles. The largest absolute Gasteiger partial charge is 0.389 e. The molecule has 0 fully saturated rings. The summed E-state index contributed by atoms with van der Waals surface area (Å²) < 4.78 is 35.7. The van der Waals surface area contributed by atoms with Crippen LogP contribution in [0.4, 0.5) is 13.2 Å². The van der Waals surface area contributed by atoms with Gasteiger partial charge in [-0.15, -0.1) is 0 Å². The number of rotatable bonds is 8. The summed E-state index contributed by atoms with van der Waals surface area (Å²) in [6, 6.07) is 0. The van der Waals surface area contributed by atoms with E-state index in [1.807, 2.05) is 6.92 Å². The smallest absolute Gasteiger partial charge is 0.357 e. The number of alkyl halides is 3. The van der Waals surface area contributed by atoms with Gasteiger partial charge in [0.15, 0.2) is 5.96 Å². The van der Waals surface area contributed by atoms with E-state index in [0.29, 0.717) is 18.9 Å². The van der Waals surface area contributed by atoms with Crippen molar-refractivity contribution in [1.82, 2.24) is 10.6 Å². The Kier molecular flexibility index (Phi) is 9.50. The quantitative estimate of drug-likeness (QED) is 0.403. The number of aliphatic imine (C=N–C) groups is 1. The van der Waals surface area contributed by atoms with Gasteiger partial charge in [0.25, 0.3) is 0 Å². The molecule has 0 aliphatic heterocycles. The van der Waals surface area contributed by atoms with Gasteiger partial charge in [0.05, 0.1) is 0 Å². The summed E-state index contributed by atoms with van der Waals surface area (Å²) in [7, 11) is 0. The number of hydrogen-bond donors (Lipinski definition) is 2. The minimum atomic E-state index is -4.05. The first-order valence-corrected chi connectivity index (χ1v) is 6.58. The zero-order chi connectivity index (χ0) is 13.9. The van der Waals surface area contributed by atoms with Gasteiger partial charge in [-0.2, -0.15) is 13.2 Å². The van der Waals surface area contributed by atoms with Crippen molar-refractivity contribution in [3.8, 4) is 0 Å². The molecule has 6 heteroatoms. The maximum Gasteiger partial charge on any atom is 0.389 e. The molecular formula is C12H24F3N3. The molecule has 3 nitrogen and oxygen atoms in total. The topological polar surface area (TPSA) is 36.4 Å². The molecule has 0 heterocycles. The first-order chi connectivity index (χ1) is 8.49. The molecule has 0 atom stereocenters. The Balaban J connectivity index is 3.78. The third kappa shape index (κ3) is 11.5. The Bertz CT molecular complexity index is 227. The van der Waals surface area contributed by atoms with E-state index >= 15 is 0 Å². The van der Waals surface area contributed by atoms with E-state index in [2.05, 4.69) is 22.5 Å². The number of nitrogens with zero attached hydrogens (tertiary/aromatic N) is 1. The Morgan fingerprint density at radius 3 is 2.33 bits per heavy atom. The molecule has 0 unspecified atom stereocenters. The van der Waals surface area contributed by atoms with Gasteiger partial charge < -0.3 is 10.6 Å². The fourth-order valence-electron chi connectivity index (χ4n) is 1.35. The van der Waals surface area contributed by atoms with Gasteiger partial charge >= 0.3 is 6.18 Å². The standard InChI is InChI=1S/C12H24F3N3/c1-3-5-9-17-11(16-4-2)18-10-7-6-8-12(13,14)15/h3-10H2,1-2H3,(H2,16,17,18). The molecule has 0 bridgehead atoms. The Labute approximate surface area is 107 Å². The van der Waals surface area contributed by atoms with Crippen LogP contribution in [0.1, 0.15) is 46.0 Å². The fraction of sp³-hybridized carbons (Fsp3) is 0.917. The highest BCUT2D eigenvalue weighted by atomic mass is 19.4. The fourth-order valence-corrected chi connectivity index (χ4v) is 1.35. The Morgan fingerprint density at radius 1 is 1.06 bits per heavy atom. The van der Waals surface area contributed by atoms with Crippen molar-refractivity contribution in [2.24, 2.45) is 4.99 Å². The monoisotopic (exact) mass is 267 g/mol. The molecule has 0 aliphatic rings. The SMILES string of the molecule is CCCCNC(=NCCCCC(F)(F)F)NCC. The van der Waals surface area contributed by atoms with Crippen LogP contribution in [0.15, 0.2) is 4.99 Å². The van der Waals surface area contributed by atoms with Crippen LogP contribution < -0.4 is 10.6 Å². The molecule has 0 rings (SSSR count). The molecule has 0 amide bonds. The lowest BCUT2D eigenvalue weighted by atomic mass is 10.2. The van der Waals surface area contributed by atoms with Crippen LogP contribution in [0, 0.1) is 0 Å². The summed E-state index contributed by atoms with van der Waals surface area (Å²) in [5, 5.41) is 6.21. The van der Waals surface area contributed by atoms with Crippen LogP contribution in [-0.2, 0) is 0 Å². The van der Waals surface area contributed by atoms with E-state index in [4.69, 9.17) is 0 Å². The van der Waals surface area contributed by atoms with Crippen LogP contribution in [0.2, 0.25) is 0 Å². The van der Waals surface area contributed by atoms with Crippen LogP contribution in [-0.4, -0.2) is 31.8 Å². The van der Waals surface area contributed by atoms with E-state index in [-0.39, 0.29) is 6.42 Å². The highest BCUT2D eigenvalue weighted by Crippen LogP contribution is 2.21. The minimum absolute atomic E-state index is 0.140. The van der Waals surface area contributed by atoms with E-state index in [1.54, 1.807) is 0 Å². The van der Waals surface area contributed by atoms with Crippen LogP contribution >= 0.6 is 0 Å². The van der Waals surface area contributed by atoms with Gasteiger partial charge in [-0.25, -0.2) is 0 Å². The summed E-state index contributed by atoms with van der Waals surface area (Å²) in [5.41, 5.74) is 0. The van der Waals surface area contributed by atoms with Crippen molar-refractivity contribution in [3.63, 3.8) is 0 Å². The minimum Gasteiger partial charge on any atom is -0.357 e. The Morgan fingerprint density at radius 2 is 1.78 bits per heavy atom. The summed E-state index contributed by atoms with van der Waals surface area (Å²) in [6.07, 6.45) is -2.02. The van der Waals surface area contributed by atoms with Gasteiger partial charge in [-0.1, -0.05) is 13.3 Å². The van der Waals surface area contributed by atoms with Crippen molar-refractivity contribution in [1.29, 1.82) is 0 Å². The molecule has 0 saturated heterocycles. The second kappa shape index (κ2) is 10.0. The lowest BCUT2D eigenvalue weighted by Gasteiger charge is -2.10. The van der Waals surface area contributed by atoms with Crippen molar-refractivity contribution < 1.29 is 13.2 Å². The van der Waals surface area contributed by atoms with E-state index in [9.17, 15) is 13.2 Å². The van der Waals surface area contributed by atoms with Crippen molar-refractivity contribution in [3.05, 3.63) is 0 Å². The molecule has 0 saturated carbocycles. The molecule has 0 spiro atoms. The molecule has 0 aromatic carbocycles. The number of halogens is 3. The normalized spacial score (nSPS) is 12.6. The van der Waals surface area contributed by atoms with Crippen molar-refractivity contribution in [2.75, 3.05) is 19.6 Å². The third-order valence-electron chi connectivity index (χ3n) is 2.31. The molecule has 18 heavy (non-hydrogen) atoms. The lowest BCUT2D eigenvalue weighted by Crippen LogP contribution is -2.37. The van der Waals surface area contributed by atoms with Crippen LogP contribution in [0.25, 0.3) is 0 Å². The molecule has 0 aromatic heterocycles. The Hall–Kier alpha value is -0.940. The van der Waals surface area contributed by atoms with Crippen LogP contribution in [0.3, 0.4) is 0 Å². The van der Waals surface area contributed by atoms with Gasteiger partial charge in [-0.05, 0) is 26.2 Å². The first-order valence-electron chi connectivity index (χ1n) is 6.58. The highest BCUT2D eigenvalue weighted by molar-refractivity contribution is 5.79. The lowest BCUT2D eigenvalue weighted by molar-refractivity contribution is -0.135. The van der Waals surface area contributed by atoms with Gasteiger partial charge in [0.2, 0.25) is 0 Å². The molecule has 108 valence electrons. The van der Waals surface area contributed by atoms with Crippen molar-refractivity contribution in [2.45, 2.75) is 52.1 Å². The molecule has 0 aromatic rings. The van der Waals surface area contributed by atoms with Gasteiger partial charge in [0.1, 0.15) is 0 Å². The second-order valence-corrected chi connectivity index (χ2v) is 4.11. The first kappa shape index (κ1) is 17.1. The van der Waals surface area contributed by atoms with Crippen molar-refractivity contribution >= 4 is 5.96 Å². The highest BCUT2D eigenvalue weighted by Gasteiger charge is 2.25. The van der Waals surface area contributed by atoms with Gasteiger partial charge in [-0.3, -0.25) is 4.99 Å². The summed E-state index contributed by atoms with van der Waals surface area (Å²) in [6.45, 7) is 6.08. The van der Waals surface area contributed by atoms with E-state index in [1.165, 1.54) is 0 Å².